The SMILES string of the molecule is Nc1c(CO)cnn1-c1cccc(O)c1. The quantitative estimate of drug-likeness (QED) is 0.672. The Bertz CT molecular complexity index is 479. The highest BCUT2D eigenvalue weighted by Crippen LogP contribution is 2.19. The lowest BCUT2D eigenvalue weighted by Crippen LogP contribution is -2.02. The molecule has 2 rings (SSSR count). The Kier molecular flexibility index (Phi) is 2.31. The van der Waals surface area contributed by atoms with Gasteiger partial charge in [-0.2, -0.15) is 5.10 Å². The zero-order chi connectivity index (χ0) is 10.8. The fraction of sp³-hybridized carbons (Fsp3) is 0.100. The summed E-state index contributed by atoms with van der Waals surface area (Å²) in [4.78, 5) is 0. The lowest BCUT2D eigenvalue weighted by molar-refractivity contribution is 0.282. The first-order valence-electron chi connectivity index (χ1n) is 4.45. The van der Waals surface area contributed by atoms with Crippen LogP contribution < -0.4 is 5.73 Å². The predicted molar refractivity (Wildman–Crippen MR) is 55.6 cm³/mol. The zero-order valence-corrected chi connectivity index (χ0v) is 7.96. The zero-order valence-electron chi connectivity index (χ0n) is 7.96. The molecule has 78 valence electrons. The van der Waals surface area contributed by atoms with Crippen molar-refractivity contribution < 1.29 is 10.2 Å². The summed E-state index contributed by atoms with van der Waals surface area (Å²) in [6.07, 6.45) is 1.50. The van der Waals surface area contributed by atoms with Gasteiger partial charge in [0.25, 0.3) is 0 Å². The third-order valence-electron chi connectivity index (χ3n) is 2.13. The Morgan fingerprint density at radius 3 is 2.80 bits per heavy atom. The number of phenolic OH excluding ortho intramolecular Hbond substituents is 1. The second-order valence-electron chi connectivity index (χ2n) is 3.14. The summed E-state index contributed by atoms with van der Waals surface area (Å²) in [6, 6.07) is 6.58. The molecule has 0 aliphatic rings. The Morgan fingerprint density at radius 1 is 1.40 bits per heavy atom. The van der Waals surface area contributed by atoms with Crippen molar-refractivity contribution in [2.45, 2.75) is 6.61 Å². The van der Waals surface area contributed by atoms with E-state index in [4.69, 9.17) is 10.8 Å². The van der Waals surface area contributed by atoms with Gasteiger partial charge in [-0.25, -0.2) is 4.68 Å². The molecule has 0 saturated heterocycles. The smallest absolute Gasteiger partial charge is 0.132 e. The molecule has 4 N–H and O–H groups in total. The van der Waals surface area contributed by atoms with Crippen LogP contribution in [0.2, 0.25) is 0 Å². The van der Waals surface area contributed by atoms with E-state index in [2.05, 4.69) is 5.10 Å². The molecule has 1 aromatic carbocycles. The van der Waals surface area contributed by atoms with E-state index < -0.39 is 0 Å². The van der Waals surface area contributed by atoms with Crippen LogP contribution in [0.1, 0.15) is 5.56 Å². The lowest BCUT2D eigenvalue weighted by atomic mass is 10.3. The molecule has 0 saturated carbocycles. The van der Waals surface area contributed by atoms with Crippen LogP contribution in [0.3, 0.4) is 0 Å². The minimum atomic E-state index is -0.148. The maximum Gasteiger partial charge on any atom is 0.132 e. The van der Waals surface area contributed by atoms with Gasteiger partial charge in [-0.05, 0) is 12.1 Å². The van der Waals surface area contributed by atoms with Crippen molar-refractivity contribution >= 4 is 5.82 Å². The van der Waals surface area contributed by atoms with E-state index in [9.17, 15) is 5.11 Å². The minimum Gasteiger partial charge on any atom is -0.508 e. The fourth-order valence-electron chi connectivity index (χ4n) is 1.34. The van der Waals surface area contributed by atoms with Crippen molar-refractivity contribution in [3.63, 3.8) is 0 Å². The van der Waals surface area contributed by atoms with Crippen molar-refractivity contribution in [1.82, 2.24) is 9.78 Å². The Hall–Kier alpha value is -2.01. The van der Waals surface area contributed by atoms with Crippen molar-refractivity contribution in [1.29, 1.82) is 0 Å². The first-order chi connectivity index (χ1) is 7.22. The van der Waals surface area contributed by atoms with E-state index >= 15 is 0 Å². The number of anilines is 1. The molecule has 0 aliphatic carbocycles. The molecule has 2 aromatic rings. The van der Waals surface area contributed by atoms with Gasteiger partial charge in [0.05, 0.1) is 18.5 Å². The Labute approximate surface area is 86.4 Å². The molecule has 0 atom stereocenters. The number of aliphatic hydroxyl groups is 1. The molecular weight excluding hydrogens is 194 g/mol. The average molecular weight is 205 g/mol. The van der Waals surface area contributed by atoms with Gasteiger partial charge in [0.15, 0.2) is 0 Å². The van der Waals surface area contributed by atoms with Gasteiger partial charge in [-0.3, -0.25) is 0 Å². The number of phenols is 1. The van der Waals surface area contributed by atoms with Gasteiger partial charge < -0.3 is 15.9 Å². The molecule has 0 unspecified atom stereocenters. The highest BCUT2D eigenvalue weighted by atomic mass is 16.3. The van der Waals surface area contributed by atoms with Crippen LogP contribution in [0.4, 0.5) is 5.82 Å². The normalized spacial score (nSPS) is 10.5. The molecule has 1 heterocycles. The Morgan fingerprint density at radius 2 is 2.20 bits per heavy atom. The third kappa shape index (κ3) is 1.64. The summed E-state index contributed by atoms with van der Waals surface area (Å²) in [6.45, 7) is -0.148. The van der Waals surface area contributed by atoms with E-state index in [0.29, 0.717) is 17.1 Å². The number of nitrogen functional groups attached to an aromatic ring is 1. The summed E-state index contributed by atoms with van der Waals surface area (Å²) in [5.41, 5.74) is 6.98. The summed E-state index contributed by atoms with van der Waals surface area (Å²) >= 11 is 0. The number of nitrogens with two attached hydrogens (primary N) is 1. The van der Waals surface area contributed by atoms with Gasteiger partial charge in [-0.15, -0.1) is 0 Å². The number of nitrogens with zero attached hydrogens (tertiary/aromatic N) is 2. The number of rotatable bonds is 2. The largest absolute Gasteiger partial charge is 0.508 e. The average Bonchev–Trinajstić information content (AvgIpc) is 2.59. The van der Waals surface area contributed by atoms with Crippen LogP contribution in [-0.4, -0.2) is 20.0 Å². The van der Waals surface area contributed by atoms with E-state index in [1.54, 1.807) is 24.3 Å². The second-order valence-corrected chi connectivity index (χ2v) is 3.14. The highest BCUT2D eigenvalue weighted by Gasteiger charge is 2.07. The molecular formula is C10H11N3O2. The van der Waals surface area contributed by atoms with Gasteiger partial charge in [0.2, 0.25) is 0 Å². The second kappa shape index (κ2) is 3.62. The Balaban J connectivity index is 2.49. The van der Waals surface area contributed by atoms with E-state index in [1.807, 2.05) is 0 Å². The number of hydrogen-bond donors (Lipinski definition) is 3. The standard InChI is InChI=1S/C10H11N3O2/c11-10-7(6-14)5-12-13(10)8-2-1-3-9(15)4-8/h1-5,14-15H,6,11H2. The van der Waals surface area contributed by atoms with Gasteiger partial charge >= 0.3 is 0 Å². The van der Waals surface area contributed by atoms with E-state index in [0.717, 1.165) is 0 Å². The molecule has 0 fully saturated rings. The minimum absolute atomic E-state index is 0.146. The maximum atomic E-state index is 9.30. The molecule has 0 aliphatic heterocycles. The molecule has 0 bridgehead atoms. The number of benzene rings is 1. The van der Waals surface area contributed by atoms with Crippen molar-refractivity contribution in [2.24, 2.45) is 0 Å². The summed E-state index contributed by atoms with van der Waals surface area (Å²) in [5.74, 6) is 0.524. The maximum absolute atomic E-state index is 9.30. The molecule has 15 heavy (non-hydrogen) atoms. The summed E-state index contributed by atoms with van der Waals surface area (Å²) in [7, 11) is 0. The van der Waals surface area contributed by atoms with Crippen LogP contribution in [0.5, 0.6) is 5.75 Å². The van der Waals surface area contributed by atoms with Crippen LogP contribution in [-0.2, 0) is 6.61 Å². The number of aromatic nitrogens is 2. The fourth-order valence-corrected chi connectivity index (χ4v) is 1.34. The summed E-state index contributed by atoms with van der Waals surface area (Å²) < 4.78 is 1.46. The topological polar surface area (TPSA) is 84.3 Å². The van der Waals surface area contributed by atoms with E-state index in [1.165, 1.54) is 10.9 Å². The first kappa shape index (κ1) is 9.54. The number of aliphatic hydroxyl groups excluding tert-OH is 1. The summed E-state index contributed by atoms with van der Waals surface area (Å²) in [5, 5.41) is 22.3. The number of aromatic hydroxyl groups is 1. The van der Waals surface area contributed by atoms with Crippen molar-refractivity contribution in [3.05, 3.63) is 36.0 Å². The molecule has 1 aromatic heterocycles. The van der Waals surface area contributed by atoms with Crippen molar-refractivity contribution in [3.8, 4) is 11.4 Å². The van der Waals surface area contributed by atoms with Crippen LogP contribution in [0.25, 0.3) is 5.69 Å². The van der Waals surface area contributed by atoms with Gasteiger partial charge in [-0.1, -0.05) is 6.07 Å². The van der Waals surface area contributed by atoms with Crippen LogP contribution >= 0.6 is 0 Å². The lowest BCUT2D eigenvalue weighted by Gasteiger charge is -2.04. The van der Waals surface area contributed by atoms with Crippen molar-refractivity contribution in [2.75, 3.05) is 5.73 Å². The molecule has 0 radical (unpaired) electrons. The van der Waals surface area contributed by atoms with E-state index in [-0.39, 0.29) is 12.4 Å². The van der Waals surface area contributed by atoms with Gasteiger partial charge in [0, 0.05) is 11.6 Å². The molecule has 5 heteroatoms. The monoisotopic (exact) mass is 205 g/mol. The van der Waals surface area contributed by atoms with Crippen LogP contribution in [0.15, 0.2) is 30.5 Å². The van der Waals surface area contributed by atoms with Crippen LogP contribution in [0, 0.1) is 0 Å². The highest BCUT2D eigenvalue weighted by molar-refractivity contribution is 5.48. The predicted octanol–water partition coefficient (Wildman–Crippen LogP) is 0.652. The number of hydrogen-bond acceptors (Lipinski definition) is 4. The first-order valence-corrected chi connectivity index (χ1v) is 4.45. The van der Waals surface area contributed by atoms with Gasteiger partial charge in [0.1, 0.15) is 11.6 Å². The third-order valence-corrected chi connectivity index (χ3v) is 2.13. The molecule has 5 nitrogen and oxygen atoms in total. The molecule has 0 spiro atoms. The molecule has 0 amide bonds.